The molecule has 0 aliphatic carbocycles. The molecule has 0 fully saturated rings. The average molecular weight is 250 g/mol. The Morgan fingerprint density at radius 2 is 2.18 bits per heavy atom. The van der Waals surface area contributed by atoms with Crippen LogP contribution in [0.25, 0.3) is 0 Å². The van der Waals surface area contributed by atoms with Crippen molar-refractivity contribution in [2.75, 3.05) is 5.43 Å². The second-order valence-corrected chi connectivity index (χ2v) is 4.48. The van der Waals surface area contributed by atoms with Gasteiger partial charge in [-0.3, -0.25) is 0 Å². The summed E-state index contributed by atoms with van der Waals surface area (Å²) in [4.78, 5) is 0. The minimum atomic E-state index is 0.360. The number of ether oxygens (including phenoxy) is 1. The van der Waals surface area contributed by atoms with E-state index in [1.807, 2.05) is 18.2 Å². The summed E-state index contributed by atoms with van der Waals surface area (Å²) in [7, 11) is 0. The summed E-state index contributed by atoms with van der Waals surface area (Å²) >= 11 is 1.21. The first-order chi connectivity index (χ1) is 8.20. The van der Waals surface area contributed by atoms with Gasteiger partial charge >= 0.3 is 0 Å². The van der Waals surface area contributed by atoms with Gasteiger partial charge in [-0.2, -0.15) is 0 Å². The molecule has 0 radical (unpaired) electrons. The fourth-order valence-corrected chi connectivity index (χ4v) is 1.85. The van der Waals surface area contributed by atoms with Crippen molar-refractivity contribution >= 4 is 16.5 Å². The Morgan fingerprint density at radius 3 is 2.88 bits per heavy atom. The highest BCUT2D eigenvalue weighted by atomic mass is 32.1. The van der Waals surface area contributed by atoms with E-state index in [-0.39, 0.29) is 0 Å². The summed E-state index contributed by atoms with van der Waals surface area (Å²) in [5.74, 6) is 6.16. The second-order valence-electron chi connectivity index (χ2n) is 3.73. The molecule has 1 heterocycles. The van der Waals surface area contributed by atoms with Gasteiger partial charge in [0.05, 0.1) is 0 Å². The van der Waals surface area contributed by atoms with E-state index in [0.29, 0.717) is 6.61 Å². The number of aryl methyl sites for hydroxylation is 2. The summed E-state index contributed by atoms with van der Waals surface area (Å²) < 4.78 is 9.44. The van der Waals surface area contributed by atoms with Gasteiger partial charge < -0.3 is 10.2 Å². The van der Waals surface area contributed by atoms with E-state index in [0.717, 1.165) is 16.4 Å². The first kappa shape index (κ1) is 11.8. The molecular weight excluding hydrogens is 236 g/mol. The van der Waals surface area contributed by atoms with Gasteiger partial charge in [0.2, 0.25) is 0 Å². The van der Waals surface area contributed by atoms with E-state index < -0.39 is 0 Å². The largest absolute Gasteiger partial charge is 0.487 e. The summed E-state index contributed by atoms with van der Waals surface area (Å²) in [5.41, 5.74) is 5.72. The van der Waals surface area contributed by atoms with E-state index >= 15 is 0 Å². The second kappa shape index (κ2) is 5.11. The van der Waals surface area contributed by atoms with Crippen LogP contribution < -0.4 is 16.0 Å². The molecule has 1 aromatic carbocycles. The number of hydrazine groups is 1. The van der Waals surface area contributed by atoms with E-state index in [9.17, 15) is 0 Å². The zero-order valence-corrected chi connectivity index (χ0v) is 10.5. The van der Waals surface area contributed by atoms with Crippen LogP contribution in [0.5, 0.6) is 5.75 Å². The molecule has 0 spiro atoms. The van der Waals surface area contributed by atoms with Crippen LogP contribution >= 0.6 is 11.5 Å². The summed E-state index contributed by atoms with van der Waals surface area (Å²) in [6, 6.07) is 5.98. The van der Waals surface area contributed by atoms with Gasteiger partial charge in [0.25, 0.3) is 0 Å². The number of nitrogens with one attached hydrogen (secondary N) is 1. The number of benzene rings is 1. The summed E-state index contributed by atoms with van der Waals surface area (Å²) in [5, 5.41) is 4.67. The molecule has 90 valence electrons. The number of rotatable bonds is 4. The highest BCUT2D eigenvalue weighted by molar-refractivity contribution is 7.10. The lowest BCUT2D eigenvalue weighted by Crippen LogP contribution is -2.08. The lowest BCUT2D eigenvalue weighted by atomic mass is 10.1. The van der Waals surface area contributed by atoms with Crippen molar-refractivity contribution < 1.29 is 4.74 Å². The van der Waals surface area contributed by atoms with Gasteiger partial charge in [0.15, 0.2) is 5.00 Å². The Balaban J connectivity index is 2.05. The Labute approximate surface area is 104 Å². The minimum Gasteiger partial charge on any atom is -0.487 e. The molecule has 0 saturated carbocycles. The van der Waals surface area contributed by atoms with Crippen LogP contribution in [0, 0.1) is 13.8 Å². The molecule has 5 nitrogen and oxygen atoms in total. The molecule has 3 N–H and O–H groups in total. The quantitative estimate of drug-likeness (QED) is 0.641. The third-order valence-corrected chi connectivity index (χ3v) is 3.24. The van der Waals surface area contributed by atoms with E-state index in [1.165, 1.54) is 22.7 Å². The monoisotopic (exact) mass is 250 g/mol. The number of nitrogen functional groups attached to an aromatic ring is 1. The maximum atomic E-state index is 5.64. The first-order valence-corrected chi connectivity index (χ1v) is 5.96. The fraction of sp³-hybridized carbons (Fsp3) is 0.273. The van der Waals surface area contributed by atoms with Crippen LogP contribution in [-0.4, -0.2) is 9.59 Å². The molecule has 0 amide bonds. The molecule has 0 aliphatic rings. The SMILES string of the molecule is Cc1ccc(OCc2nnsc2NN)cc1C. The number of nitrogens with zero attached hydrogens (tertiary/aromatic N) is 2. The fourth-order valence-electron chi connectivity index (χ4n) is 1.37. The van der Waals surface area contributed by atoms with Gasteiger partial charge in [-0.05, 0) is 37.1 Å². The summed E-state index contributed by atoms with van der Waals surface area (Å²) in [6.07, 6.45) is 0. The highest BCUT2D eigenvalue weighted by Crippen LogP contribution is 2.20. The smallest absolute Gasteiger partial charge is 0.150 e. The van der Waals surface area contributed by atoms with Crippen LogP contribution in [0.2, 0.25) is 0 Å². The Morgan fingerprint density at radius 1 is 1.35 bits per heavy atom. The van der Waals surface area contributed by atoms with Crippen LogP contribution in [-0.2, 0) is 6.61 Å². The van der Waals surface area contributed by atoms with Gasteiger partial charge in [-0.15, -0.1) is 5.10 Å². The third-order valence-electron chi connectivity index (χ3n) is 2.54. The minimum absolute atomic E-state index is 0.360. The van der Waals surface area contributed by atoms with Crippen molar-refractivity contribution in [1.82, 2.24) is 9.59 Å². The van der Waals surface area contributed by atoms with E-state index in [2.05, 4.69) is 28.9 Å². The number of anilines is 1. The summed E-state index contributed by atoms with van der Waals surface area (Å²) in [6.45, 7) is 4.48. The molecule has 0 atom stereocenters. The van der Waals surface area contributed by atoms with Crippen molar-refractivity contribution in [3.05, 3.63) is 35.0 Å². The predicted molar refractivity (Wildman–Crippen MR) is 68.0 cm³/mol. The standard InChI is InChI=1S/C11H14N4OS/c1-7-3-4-9(5-8(7)2)16-6-10-11(13-12)17-15-14-10/h3-5,13H,6,12H2,1-2H3. The Hall–Kier alpha value is -1.66. The number of hydrogen-bond donors (Lipinski definition) is 2. The van der Waals surface area contributed by atoms with Crippen molar-refractivity contribution in [3.63, 3.8) is 0 Å². The maximum absolute atomic E-state index is 5.64. The molecule has 1 aromatic heterocycles. The van der Waals surface area contributed by atoms with Crippen molar-refractivity contribution in [3.8, 4) is 5.75 Å². The normalized spacial score (nSPS) is 10.3. The molecule has 2 aromatic rings. The van der Waals surface area contributed by atoms with Crippen molar-refractivity contribution in [2.45, 2.75) is 20.5 Å². The predicted octanol–water partition coefficient (Wildman–Crippen LogP) is 2.02. The zero-order chi connectivity index (χ0) is 12.3. The molecule has 0 saturated heterocycles. The van der Waals surface area contributed by atoms with Crippen LogP contribution in [0.15, 0.2) is 18.2 Å². The van der Waals surface area contributed by atoms with Crippen molar-refractivity contribution in [1.29, 1.82) is 0 Å². The van der Waals surface area contributed by atoms with Gasteiger partial charge in [0.1, 0.15) is 18.1 Å². The number of nitrogens with two attached hydrogens (primary N) is 1. The van der Waals surface area contributed by atoms with Crippen LogP contribution in [0.1, 0.15) is 16.8 Å². The first-order valence-electron chi connectivity index (χ1n) is 5.18. The van der Waals surface area contributed by atoms with Crippen molar-refractivity contribution in [2.24, 2.45) is 5.84 Å². The molecule has 2 rings (SSSR count). The average Bonchev–Trinajstić information content (AvgIpc) is 2.78. The highest BCUT2D eigenvalue weighted by Gasteiger charge is 2.07. The lowest BCUT2D eigenvalue weighted by Gasteiger charge is -2.07. The molecule has 6 heteroatoms. The van der Waals surface area contributed by atoms with Crippen LogP contribution in [0.4, 0.5) is 5.00 Å². The van der Waals surface area contributed by atoms with Gasteiger partial charge in [0, 0.05) is 11.5 Å². The molecule has 0 aliphatic heterocycles. The van der Waals surface area contributed by atoms with Crippen LogP contribution in [0.3, 0.4) is 0 Å². The number of hydrogen-bond acceptors (Lipinski definition) is 6. The molecular formula is C11H14N4OS. The van der Waals surface area contributed by atoms with Gasteiger partial charge in [-0.1, -0.05) is 10.6 Å². The maximum Gasteiger partial charge on any atom is 0.150 e. The third kappa shape index (κ3) is 2.72. The number of aromatic nitrogens is 2. The lowest BCUT2D eigenvalue weighted by molar-refractivity contribution is 0.301. The molecule has 17 heavy (non-hydrogen) atoms. The Bertz CT molecular complexity index is 512. The topological polar surface area (TPSA) is 73.1 Å². The van der Waals surface area contributed by atoms with E-state index in [4.69, 9.17) is 10.6 Å². The molecule has 0 unspecified atom stereocenters. The van der Waals surface area contributed by atoms with Gasteiger partial charge in [-0.25, -0.2) is 5.84 Å². The zero-order valence-electron chi connectivity index (χ0n) is 9.73. The van der Waals surface area contributed by atoms with E-state index in [1.54, 1.807) is 0 Å². The Kier molecular flexibility index (Phi) is 3.55. The molecule has 0 bridgehead atoms.